The van der Waals surface area contributed by atoms with Gasteiger partial charge in [-0.3, -0.25) is 0 Å². The Labute approximate surface area is 112 Å². The van der Waals surface area contributed by atoms with Crippen molar-refractivity contribution in [2.75, 3.05) is 0 Å². The molecule has 1 unspecified atom stereocenters. The lowest BCUT2D eigenvalue weighted by molar-refractivity contribution is 0.0373. The zero-order valence-electron chi connectivity index (χ0n) is 10.8. The van der Waals surface area contributed by atoms with Crippen molar-refractivity contribution in [3.05, 3.63) is 60.2 Å². The van der Waals surface area contributed by atoms with Gasteiger partial charge in [0.15, 0.2) is 0 Å². The third-order valence-electron chi connectivity index (χ3n) is 2.56. The van der Waals surface area contributed by atoms with E-state index < -0.39 is 18.0 Å². The molecule has 0 aliphatic rings. The van der Waals surface area contributed by atoms with Crippen molar-refractivity contribution < 1.29 is 19.4 Å². The smallest absolute Gasteiger partial charge is 0.339 e. The van der Waals surface area contributed by atoms with Gasteiger partial charge in [-0.1, -0.05) is 24.8 Å². The summed E-state index contributed by atoms with van der Waals surface area (Å²) < 4.78 is 5.26. The summed E-state index contributed by atoms with van der Waals surface area (Å²) in [6.07, 6.45) is 1.57. The van der Waals surface area contributed by atoms with Gasteiger partial charge in [0.2, 0.25) is 0 Å². The van der Waals surface area contributed by atoms with Gasteiger partial charge >= 0.3 is 11.9 Å². The summed E-state index contributed by atoms with van der Waals surface area (Å²) in [4.78, 5) is 23.0. The Hall–Kier alpha value is -2.36. The molecule has 1 aromatic rings. The highest BCUT2D eigenvalue weighted by Crippen LogP contribution is 2.15. The Morgan fingerprint density at radius 1 is 1.37 bits per heavy atom. The van der Waals surface area contributed by atoms with E-state index in [1.807, 2.05) is 0 Å². The molecule has 1 aromatic carbocycles. The number of carboxylic acids is 1. The van der Waals surface area contributed by atoms with Crippen LogP contribution in [0.4, 0.5) is 0 Å². The number of ether oxygens (including phenoxy) is 1. The standard InChI is InChI=1S/C15H16O4/c1-4-7-13(10(2)3)19-15(18)12-9-6-5-8-11(12)14(16)17/h4-6,8-9,13H,1-2,7H2,3H3,(H,16,17). The Balaban J connectivity index is 2.97. The zero-order valence-corrected chi connectivity index (χ0v) is 10.8. The number of carboxylic acid groups (broad SMARTS) is 1. The number of hydrogen-bond donors (Lipinski definition) is 1. The summed E-state index contributed by atoms with van der Waals surface area (Å²) in [6.45, 7) is 9.06. The van der Waals surface area contributed by atoms with Crippen LogP contribution in [0.1, 0.15) is 34.1 Å². The molecule has 0 saturated carbocycles. The number of hydrogen-bond acceptors (Lipinski definition) is 3. The van der Waals surface area contributed by atoms with Gasteiger partial charge in [0.05, 0.1) is 11.1 Å². The van der Waals surface area contributed by atoms with Crippen LogP contribution < -0.4 is 0 Å². The van der Waals surface area contributed by atoms with Crippen LogP contribution in [0.3, 0.4) is 0 Å². The molecule has 0 heterocycles. The Morgan fingerprint density at radius 2 is 1.95 bits per heavy atom. The van der Waals surface area contributed by atoms with E-state index in [1.54, 1.807) is 25.1 Å². The third-order valence-corrected chi connectivity index (χ3v) is 2.56. The quantitative estimate of drug-likeness (QED) is 0.630. The van der Waals surface area contributed by atoms with Gasteiger partial charge in [-0.25, -0.2) is 9.59 Å². The molecule has 0 radical (unpaired) electrons. The van der Waals surface area contributed by atoms with E-state index in [4.69, 9.17) is 9.84 Å². The maximum Gasteiger partial charge on any atom is 0.339 e. The number of carbonyl (C=O) groups is 2. The van der Waals surface area contributed by atoms with Crippen LogP contribution in [0.25, 0.3) is 0 Å². The fourth-order valence-electron chi connectivity index (χ4n) is 1.54. The van der Waals surface area contributed by atoms with Crippen LogP contribution in [0.2, 0.25) is 0 Å². The molecule has 0 fully saturated rings. The molecule has 0 saturated heterocycles. The summed E-state index contributed by atoms with van der Waals surface area (Å²) in [5.41, 5.74) is 0.637. The molecule has 1 atom stereocenters. The van der Waals surface area contributed by atoms with E-state index in [0.29, 0.717) is 12.0 Å². The lowest BCUT2D eigenvalue weighted by atomic mass is 10.1. The summed E-state index contributed by atoms with van der Waals surface area (Å²) in [6, 6.07) is 5.93. The first-order valence-corrected chi connectivity index (χ1v) is 5.77. The highest BCUT2D eigenvalue weighted by atomic mass is 16.5. The number of rotatable bonds is 6. The number of aromatic carboxylic acids is 1. The second-order valence-corrected chi connectivity index (χ2v) is 4.12. The molecule has 1 N–H and O–H groups in total. The highest BCUT2D eigenvalue weighted by molar-refractivity contribution is 6.02. The topological polar surface area (TPSA) is 63.6 Å². The SMILES string of the molecule is C=CCC(OC(=O)c1ccccc1C(=O)O)C(=C)C. The average Bonchev–Trinajstić information content (AvgIpc) is 2.37. The number of carbonyl (C=O) groups excluding carboxylic acids is 1. The molecular weight excluding hydrogens is 244 g/mol. The normalized spacial score (nSPS) is 11.4. The average molecular weight is 260 g/mol. The van der Waals surface area contributed by atoms with Crippen LogP contribution in [-0.2, 0) is 4.74 Å². The van der Waals surface area contributed by atoms with Gasteiger partial charge in [0.1, 0.15) is 6.10 Å². The molecule has 4 nitrogen and oxygen atoms in total. The molecule has 0 aliphatic heterocycles. The van der Waals surface area contributed by atoms with Crippen molar-refractivity contribution in [2.45, 2.75) is 19.4 Å². The highest BCUT2D eigenvalue weighted by Gasteiger charge is 2.20. The van der Waals surface area contributed by atoms with Crippen molar-refractivity contribution in [3.63, 3.8) is 0 Å². The van der Waals surface area contributed by atoms with Crippen molar-refractivity contribution in [1.82, 2.24) is 0 Å². The largest absolute Gasteiger partial charge is 0.478 e. The van der Waals surface area contributed by atoms with Crippen LogP contribution in [0, 0.1) is 0 Å². The summed E-state index contributed by atoms with van der Waals surface area (Å²) in [5, 5.41) is 9.02. The van der Waals surface area contributed by atoms with E-state index in [0.717, 1.165) is 0 Å². The Bertz CT molecular complexity index is 517. The van der Waals surface area contributed by atoms with Crippen LogP contribution in [0.5, 0.6) is 0 Å². The van der Waals surface area contributed by atoms with Crippen molar-refractivity contribution in [2.24, 2.45) is 0 Å². The maximum atomic E-state index is 12.0. The fourth-order valence-corrected chi connectivity index (χ4v) is 1.54. The van der Waals surface area contributed by atoms with Crippen molar-refractivity contribution >= 4 is 11.9 Å². The third kappa shape index (κ3) is 3.81. The van der Waals surface area contributed by atoms with E-state index in [2.05, 4.69) is 13.2 Å². The predicted octanol–water partition coefficient (Wildman–Crippen LogP) is 3.06. The molecule has 4 heteroatoms. The Kier molecular flexibility index (Phi) is 5.06. The van der Waals surface area contributed by atoms with Gasteiger partial charge in [0, 0.05) is 6.42 Å². The van der Waals surface area contributed by atoms with E-state index in [9.17, 15) is 9.59 Å². The molecule has 1 rings (SSSR count). The first-order valence-electron chi connectivity index (χ1n) is 5.77. The van der Waals surface area contributed by atoms with Crippen molar-refractivity contribution in [3.8, 4) is 0 Å². The molecule has 0 amide bonds. The molecular formula is C15H16O4. The Morgan fingerprint density at radius 3 is 2.42 bits per heavy atom. The minimum absolute atomic E-state index is 0.0327. The summed E-state index contributed by atoms with van der Waals surface area (Å²) in [7, 11) is 0. The second-order valence-electron chi connectivity index (χ2n) is 4.12. The first kappa shape index (κ1) is 14.7. The lowest BCUT2D eigenvalue weighted by Crippen LogP contribution is -2.20. The second kappa shape index (κ2) is 6.54. The van der Waals surface area contributed by atoms with E-state index >= 15 is 0 Å². The van der Waals surface area contributed by atoms with E-state index in [-0.39, 0.29) is 11.1 Å². The molecule has 0 aromatic heterocycles. The van der Waals surface area contributed by atoms with Gasteiger partial charge in [0.25, 0.3) is 0 Å². The molecule has 100 valence electrons. The maximum absolute atomic E-state index is 12.0. The number of benzene rings is 1. The van der Waals surface area contributed by atoms with Crippen LogP contribution >= 0.6 is 0 Å². The van der Waals surface area contributed by atoms with E-state index in [1.165, 1.54) is 12.1 Å². The van der Waals surface area contributed by atoms with Gasteiger partial charge in [-0.05, 0) is 24.6 Å². The minimum atomic E-state index is -1.16. The molecule has 0 spiro atoms. The fraction of sp³-hybridized carbons (Fsp3) is 0.200. The van der Waals surface area contributed by atoms with Crippen LogP contribution in [-0.4, -0.2) is 23.1 Å². The monoisotopic (exact) mass is 260 g/mol. The van der Waals surface area contributed by atoms with Crippen LogP contribution in [0.15, 0.2) is 49.1 Å². The predicted molar refractivity (Wildman–Crippen MR) is 72.2 cm³/mol. The van der Waals surface area contributed by atoms with Gasteiger partial charge in [-0.15, -0.1) is 6.58 Å². The summed E-state index contributed by atoms with van der Waals surface area (Å²) in [5.74, 6) is -1.84. The molecule has 0 aliphatic carbocycles. The lowest BCUT2D eigenvalue weighted by Gasteiger charge is -2.17. The van der Waals surface area contributed by atoms with Gasteiger partial charge < -0.3 is 9.84 Å². The minimum Gasteiger partial charge on any atom is -0.478 e. The molecule has 19 heavy (non-hydrogen) atoms. The van der Waals surface area contributed by atoms with Gasteiger partial charge in [-0.2, -0.15) is 0 Å². The number of esters is 1. The van der Waals surface area contributed by atoms with Crippen molar-refractivity contribution in [1.29, 1.82) is 0 Å². The summed E-state index contributed by atoms with van der Waals surface area (Å²) >= 11 is 0. The first-order chi connectivity index (χ1) is 8.97. The molecule has 0 bridgehead atoms. The zero-order chi connectivity index (χ0) is 14.4.